The molecule has 1 aromatic carbocycles. The van der Waals surface area contributed by atoms with Crippen LogP contribution in [0.5, 0.6) is 0 Å². The minimum Gasteiger partial charge on any atom is -0.440 e. The molecule has 1 aromatic heterocycles. The zero-order chi connectivity index (χ0) is 18.1. The Morgan fingerprint density at radius 3 is 2.73 bits per heavy atom. The van der Waals surface area contributed by atoms with E-state index in [9.17, 15) is 9.18 Å². The number of fused-ring (bicyclic) bond motifs is 3. The van der Waals surface area contributed by atoms with Crippen LogP contribution in [0.25, 0.3) is 10.4 Å². The normalized spacial score (nSPS) is 27.3. The molecule has 1 atom stereocenters. The summed E-state index contributed by atoms with van der Waals surface area (Å²) in [6.07, 6.45) is 1.66. The third kappa shape index (κ3) is 3.46. The number of alkyl halides is 1. The summed E-state index contributed by atoms with van der Waals surface area (Å²) in [7, 11) is 2.23. The topological polar surface area (TPSA) is 51.2 Å². The number of anilines is 1. The first-order valence-electron chi connectivity index (χ1n) is 8.98. The smallest absolute Gasteiger partial charge is 0.413 e. The van der Waals surface area contributed by atoms with Crippen molar-refractivity contribution in [3.8, 4) is 10.4 Å². The van der Waals surface area contributed by atoms with E-state index in [1.165, 1.54) is 11.3 Å². The molecular formula is C19H23FN3O2S+. The summed E-state index contributed by atoms with van der Waals surface area (Å²) < 4.78 is 19.8. The second kappa shape index (κ2) is 6.96. The number of rotatable bonds is 4. The van der Waals surface area contributed by atoms with Crippen molar-refractivity contribution >= 4 is 23.2 Å². The number of nitrogens with one attached hydrogen (secondary N) is 1. The van der Waals surface area contributed by atoms with E-state index in [0.29, 0.717) is 16.7 Å². The molecule has 3 aliphatic heterocycles. The van der Waals surface area contributed by atoms with Gasteiger partial charge in [-0.15, -0.1) is 11.3 Å². The van der Waals surface area contributed by atoms with Gasteiger partial charge in [-0.25, -0.2) is 14.2 Å². The number of benzene rings is 1. The quantitative estimate of drug-likeness (QED) is 0.819. The van der Waals surface area contributed by atoms with E-state index in [1.807, 2.05) is 30.3 Å². The van der Waals surface area contributed by atoms with Gasteiger partial charge in [0.25, 0.3) is 0 Å². The second-order valence-electron chi connectivity index (χ2n) is 7.44. The maximum absolute atomic E-state index is 13.1. The highest BCUT2D eigenvalue weighted by Crippen LogP contribution is 2.36. The number of likely N-dealkylation sites (N-methyl/N-ethyl adjacent to an activating group) is 1. The van der Waals surface area contributed by atoms with Crippen LogP contribution in [-0.4, -0.2) is 48.3 Å². The lowest BCUT2D eigenvalue weighted by molar-refractivity contribution is -0.928. The molecule has 4 heterocycles. The predicted molar refractivity (Wildman–Crippen MR) is 99.8 cm³/mol. The van der Waals surface area contributed by atoms with Gasteiger partial charge in [0.1, 0.15) is 18.2 Å². The molecule has 3 aliphatic rings. The molecule has 0 saturated carbocycles. The van der Waals surface area contributed by atoms with Crippen molar-refractivity contribution in [2.45, 2.75) is 25.6 Å². The maximum Gasteiger partial charge on any atom is 0.413 e. The molecule has 1 amide bonds. The molecule has 1 N–H and O–H groups in total. The lowest BCUT2D eigenvalue weighted by Crippen LogP contribution is -2.62. The zero-order valence-electron chi connectivity index (χ0n) is 14.8. The first-order valence-corrected chi connectivity index (χ1v) is 9.80. The van der Waals surface area contributed by atoms with Crippen molar-refractivity contribution in [3.63, 3.8) is 0 Å². The standard InChI is InChI=1S/C19H22FN3O2S/c1-23-9-7-13(8-10-23)15(12-23)25-19(24)22-18-17(26-16(11-20)21-18)14-5-3-2-4-6-14/h2-6,13,15H,7-12H2,1H3/p+1/t13?,15-,23?/m0/s1. The molecule has 3 saturated heterocycles. The van der Waals surface area contributed by atoms with Gasteiger partial charge in [-0.3, -0.25) is 5.32 Å². The minimum absolute atomic E-state index is 0.0537. The van der Waals surface area contributed by atoms with Crippen LogP contribution in [-0.2, 0) is 11.4 Å². The third-order valence-electron chi connectivity index (χ3n) is 5.53. The van der Waals surface area contributed by atoms with Crippen LogP contribution in [0.1, 0.15) is 17.8 Å². The fourth-order valence-corrected chi connectivity index (χ4v) is 4.91. The third-order valence-corrected chi connectivity index (χ3v) is 6.60. The number of amides is 1. The Hall–Kier alpha value is -1.99. The van der Waals surface area contributed by atoms with Crippen LogP contribution in [0.3, 0.4) is 0 Å². The van der Waals surface area contributed by atoms with Crippen molar-refractivity contribution in [3.05, 3.63) is 35.3 Å². The summed E-state index contributed by atoms with van der Waals surface area (Å²) in [6.45, 7) is 2.55. The zero-order valence-corrected chi connectivity index (χ0v) is 15.6. The Kier molecular flexibility index (Phi) is 4.67. The molecule has 3 fully saturated rings. The van der Waals surface area contributed by atoms with Gasteiger partial charge in [-0.2, -0.15) is 0 Å². The van der Waals surface area contributed by atoms with E-state index < -0.39 is 12.8 Å². The van der Waals surface area contributed by atoms with Crippen LogP contribution in [0, 0.1) is 5.92 Å². The Morgan fingerprint density at radius 1 is 1.35 bits per heavy atom. The summed E-state index contributed by atoms with van der Waals surface area (Å²) in [5, 5.41) is 3.09. The van der Waals surface area contributed by atoms with Crippen LogP contribution in [0.15, 0.2) is 30.3 Å². The number of carbonyl (C=O) groups excluding carboxylic acids is 1. The summed E-state index contributed by atoms with van der Waals surface area (Å²) in [4.78, 5) is 17.5. The van der Waals surface area contributed by atoms with Crippen LogP contribution in [0.4, 0.5) is 15.0 Å². The molecule has 2 bridgehead atoms. The monoisotopic (exact) mass is 376 g/mol. The lowest BCUT2D eigenvalue weighted by Gasteiger charge is -2.49. The van der Waals surface area contributed by atoms with Crippen molar-refractivity contribution < 1.29 is 18.4 Å². The minimum atomic E-state index is -0.651. The van der Waals surface area contributed by atoms with Crippen LogP contribution in [0.2, 0.25) is 0 Å². The largest absolute Gasteiger partial charge is 0.440 e. The van der Waals surface area contributed by atoms with Gasteiger partial charge in [0, 0.05) is 18.8 Å². The number of thiazole rings is 1. The molecule has 5 rings (SSSR count). The molecule has 0 spiro atoms. The molecule has 2 aromatic rings. The predicted octanol–water partition coefficient (Wildman–Crippen LogP) is 4.07. The van der Waals surface area contributed by atoms with Crippen molar-refractivity contribution in [1.29, 1.82) is 0 Å². The van der Waals surface area contributed by atoms with Crippen LogP contribution < -0.4 is 5.32 Å². The Morgan fingerprint density at radius 2 is 2.08 bits per heavy atom. The maximum atomic E-state index is 13.1. The molecule has 0 unspecified atom stereocenters. The number of ether oxygens (including phenoxy) is 1. The van der Waals surface area contributed by atoms with E-state index >= 15 is 0 Å². The molecule has 0 aliphatic carbocycles. The number of aromatic nitrogens is 1. The molecule has 138 valence electrons. The van der Waals surface area contributed by atoms with Gasteiger partial charge in [-0.05, 0) is 5.56 Å². The fraction of sp³-hybridized carbons (Fsp3) is 0.474. The number of piperidine rings is 3. The summed E-state index contributed by atoms with van der Waals surface area (Å²) >= 11 is 1.25. The Labute approximate surface area is 156 Å². The molecule has 7 heteroatoms. The molecule has 0 radical (unpaired) electrons. The number of halogens is 1. The van der Waals surface area contributed by atoms with E-state index in [2.05, 4.69) is 17.3 Å². The van der Waals surface area contributed by atoms with E-state index in [-0.39, 0.29) is 6.10 Å². The van der Waals surface area contributed by atoms with Gasteiger partial charge in [0.2, 0.25) is 0 Å². The Balaban J connectivity index is 1.49. The van der Waals surface area contributed by atoms with Crippen molar-refractivity contribution in [2.75, 3.05) is 32.0 Å². The van der Waals surface area contributed by atoms with E-state index in [4.69, 9.17) is 4.74 Å². The fourth-order valence-electron chi connectivity index (χ4n) is 4.04. The summed E-state index contributed by atoms with van der Waals surface area (Å²) in [5.74, 6) is 0.826. The van der Waals surface area contributed by atoms with Crippen molar-refractivity contribution in [2.24, 2.45) is 5.92 Å². The summed E-state index contributed by atoms with van der Waals surface area (Å²) in [6, 6.07) is 9.57. The average molecular weight is 376 g/mol. The highest BCUT2D eigenvalue weighted by Gasteiger charge is 2.45. The van der Waals surface area contributed by atoms with Gasteiger partial charge in [0.15, 0.2) is 11.9 Å². The molecule has 26 heavy (non-hydrogen) atoms. The van der Waals surface area contributed by atoms with Gasteiger partial charge < -0.3 is 9.22 Å². The highest BCUT2D eigenvalue weighted by atomic mass is 32.1. The number of carbonyl (C=O) groups is 1. The number of hydrogen-bond acceptors (Lipinski definition) is 4. The summed E-state index contributed by atoms with van der Waals surface area (Å²) in [5.41, 5.74) is 0.904. The van der Waals surface area contributed by atoms with Crippen LogP contribution >= 0.6 is 11.3 Å². The van der Waals surface area contributed by atoms with Gasteiger partial charge >= 0.3 is 6.09 Å². The number of nitrogens with zero attached hydrogens (tertiary/aromatic N) is 2. The first kappa shape index (κ1) is 17.4. The average Bonchev–Trinajstić information content (AvgIpc) is 3.05. The van der Waals surface area contributed by atoms with Gasteiger partial charge in [-0.1, -0.05) is 30.3 Å². The Bertz CT molecular complexity index is 787. The highest BCUT2D eigenvalue weighted by molar-refractivity contribution is 7.15. The lowest BCUT2D eigenvalue weighted by atomic mass is 9.84. The van der Waals surface area contributed by atoms with E-state index in [1.54, 1.807) is 0 Å². The second-order valence-corrected chi connectivity index (χ2v) is 8.52. The van der Waals surface area contributed by atoms with Gasteiger partial charge in [0.05, 0.1) is 25.0 Å². The first-order chi connectivity index (χ1) is 12.6. The molecule has 5 nitrogen and oxygen atoms in total. The van der Waals surface area contributed by atoms with Crippen molar-refractivity contribution in [1.82, 2.24) is 4.98 Å². The number of hydrogen-bond donors (Lipinski definition) is 1. The molecular weight excluding hydrogens is 353 g/mol. The van der Waals surface area contributed by atoms with E-state index in [0.717, 1.165) is 47.4 Å². The SMILES string of the molecule is C[N+]12CCC(CC1)[C@@H](OC(=O)Nc1nc(CF)sc1-c1ccccc1)C2. The number of quaternary nitrogens is 1.